The van der Waals surface area contributed by atoms with E-state index in [1.807, 2.05) is 6.92 Å². The molecule has 1 saturated carbocycles. The molecule has 0 saturated heterocycles. The summed E-state index contributed by atoms with van der Waals surface area (Å²) in [6.45, 7) is 11.3. The number of nitrogens with one attached hydrogen (secondary N) is 2. The van der Waals surface area contributed by atoms with Crippen LogP contribution in [0.4, 0.5) is 0 Å². The summed E-state index contributed by atoms with van der Waals surface area (Å²) in [6, 6.07) is 0.374. The maximum Gasteiger partial charge on any atom is 0.191 e. The molecular weight excluding hydrogens is 437 g/mol. The lowest BCUT2D eigenvalue weighted by Crippen LogP contribution is -2.46. The molecule has 0 aromatic rings. The minimum atomic E-state index is -0.686. The summed E-state index contributed by atoms with van der Waals surface area (Å²) in [5.41, 5.74) is 0. The molecule has 7 heteroatoms. The number of aliphatic imine (C=N–C) groups is 1. The highest BCUT2D eigenvalue weighted by Crippen LogP contribution is 2.22. The first kappa shape index (κ1) is 24.1. The van der Waals surface area contributed by atoms with E-state index in [0.29, 0.717) is 30.4 Å². The van der Waals surface area contributed by atoms with Crippen molar-refractivity contribution < 1.29 is 8.95 Å². The molecule has 1 aliphatic carbocycles. The zero-order valence-electron chi connectivity index (χ0n) is 15.7. The topological polar surface area (TPSA) is 62.7 Å². The van der Waals surface area contributed by atoms with Crippen molar-refractivity contribution >= 4 is 40.7 Å². The van der Waals surface area contributed by atoms with Gasteiger partial charge in [-0.25, -0.2) is 0 Å². The number of hydrogen-bond donors (Lipinski definition) is 2. The first-order valence-electron chi connectivity index (χ1n) is 9.06. The molecule has 0 aromatic carbocycles. The molecule has 2 N–H and O–H groups in total. The minimum absolute atomic E-state index is 0. The number of guanidine groups is 1. The number of hydrogen-bond acceptors (Lipinski definition) is 3. The van der Waals surface area contributed by atoms with Crippen LogP contribution in [0.15, 0.2) is 4.99 Å². The number of ether oxygens (including phenoxy) is 1. The van der Waals surface area contributed by atoms with Gasteiger partial charge >= 0.3 is 0 Å². The summed E-state index contributed by atoms with van der Waals surface area (Å²) in [7, 11) is -0.686. The Morgan fingerprint density at radius 1 is 1.33 bits per heavy atom. The second-order valence-corrected chi connectivity index (χ2v) is 8.53. The van der Waals surface area contributed by atoms with Crippen molar-refractivity contribution in [2.75, 3.05) is 32.1 Å². The smallest absolute Gasteiger partial charge is 0.191 e. The fraction of sp³-hybridized carbons (Fsp3) is 0.941. The van der Waals surface area contributed by atoms with Crippen molar-refractivity contribution in [2.45, 2.75) is 64.7 Å². The second kappa shape index (κ2) is 14.3. The van der Waals surface area contributed by atoms with Crippen molar-refractivity contribution in [1.82, 2.24) is 10.6 Å². The van der Waals surface area contributed by atoms with Crippen LogP contribution in [-0.4, -0.2) is 53.5 Å². The Kier molecular flexibility index (Phi) is 14.4. The van der Waals surface area contributed by atoms with Gasteiger partial charge in [0.2, 0.25) is 0 Å². The van der Waals surface area contributed by atoms with Gasteiger partial charge in [0.1, 0.15) is 0 Å². The van der Waals surface area contributed by atoms with Crippen LogP contribution in [0.5, 0.6) is 0 Å². The van der Waals surface area contributed by atoms with Crippen LogP contribution >= 0.6 is 24.0 Å². The lowest BCUT2D eigenvalue weighted by Gasteiger charge is -2.30. The van der Waals surface area contributed by atoms with E-state index in [2.05, 4.69) is 36.4 Å². The molecule has 5 nitrogen and oxygen atoms in total. The number of halogens is 1. The zero-order chi connectivity index (χ0) is 17.1. The van der Waals surface area contributed by atoms with Crippen LogP contribution in [0.2, 0.25) is 0 Å². The molecule has 1 rings (SSSR count). The van der Waals surface area contributed by atoms with E-state index in [9.17, 15) is 4.21 Å². The first-order valence-corrected chi connectivity index (χ1v) is 10.4. The summed E-state index contributed by atoms with van der Waals surface area (Å²) >= 11 is 0. The van der Waals surface area contributed by atoms with Gasteiger partial charge in [-0.2, -0.15) is 0 Å². The molecule has 0 bridgehead atoms. The predicted octanol–water partition coefficient (Wildman–Crippen LogP) is 2.91. The predicted molar refractivity (Wildman–Crippen MR) is 115 cm³/mol. The van der Waals surface area contributed by atoms with Crippen LogP contribution in [0.25, 0.3) is 0 Å². The van der Waals surface area contributed by atoms with Crippen LogP contribution < -0.4 is 10.6 Å². The SMILES string of the molecule is CCNC(=NCCOCC(C)C)NC1CCCC(S(=O)CC)C1.I. The van der Waals surface area contributed by atoms with Gasteiger partial charge in [-0.15, -0.1) is 24.0 Å². The minimum Gasteiger partial charge on any atom is -0.379 e. The fourth-order valence-corrected chi connectivity index (χ4v) is 4.15. The Morgan fingerprint density at radius 3 is 2.71 bits per heavy atom. The normalized spacial score (nSPS) is 22.8. The maximum absolute atomic E-state index is 12.0. The van der Waals surface area contributed by atoms with E-state index in [0.717, 1.165) is 50.5 Å². The maximum atomic E-state index is 12.0. The highest BCUT2D eigenvalue weighted by atomic mass is 127. The number of rotatable bonds is 9. The third-order valence-electron chi connectivity index (χ3n) is 3.92. The first-order chi connectivity index (χ1) is 11.1. The lowest BCUT2D eigenvalue weighted by molar-refractivity contribution is 0.117. The van der Waals surface area contributed by atoms with Crippen LogP contribution in [0, 0.1) is 5.92 Å². The van der Waals surface area contributed by atoms with Gasteiger partial charge in [0.15, 0.2) is 5.96 Å². The molecule has 24 heavy (non-hydrogen) atoms. The Hall–Kier alpha value is 0.110. The van der Waals surface area contributed by atoms with Gasteiger partial charge in [0.25, 0.3) is 0 Å². The van der Waals surface area contributed by atoms with Crippen molar-refractivity contribution in [3.63, 3.8) is 0 Å². The Labute approximate surface area is 167 Å². The van der Waals surface area contributed by atoms with E-state index in [1.165, 1.54) is 0 Å². The summed E-state index contributed by atoms with van der Waals surface area (Å²) < 4.78 is 17.6. The van der Waals surface area contributed by atoms with Crippen molar-refractivity contribution in [3.05, 3.63) is 0 Å². The van der Waals surface area contributed by atoms with Crippen LogP contribution in [0.3, 0.4) is 0 Å². The Balaban J connectivity index is 0.00000529. The van der Waals surface area contributed by atoms with Gasteiger partial charge in [-0.05, 0) is 32.1 Å². The summed E-state index contributed by atoms with van der Waals surface area (Å²) in [5, 5.41) is 7.15. The molecule has 0 radical (unpaired) electrons. The molecule has 0 spiro atoms. The zero-order valence-corrected chi connectivity index (χ0v) is 18.8. The van der Waals surface area contributed by atoms with Crippen molar-refractivity contribution in [2.24, 2.45) is 10.9 Å². The highest BCUT2D eigenvalue weighted by molar-refractivity contribution is 14.0. The van der Waals surface area contributed by atoms with Gasteiger partial charge in [-0.1, -0.05) is 27.2 Å². The van der Waals surface area contributed by atoms with Crippen molar-refractivity contribution in [3.8, 4) is 0 Å². The molecular formula is C17H36IN3O2S. The molecule has 3 atom stereocenters. The molecule has 0 aliphatic heterocycles. The second-order valence-electron chi connectivity index (χ2n) is 6.53. The lowest BCUT2D eigenvalue weighted by atomic mass is 9.95. The van der Waals surface area contributed by atoms with Gasteiger partial charge in [-0.3, -0.25) is 9.20 Å². The standard InChI is InChI=1S/C17H35N3O2S.HI/c1-5-18-17(19-10-11-22-13-14(3)4)20-15-8-7-9-16(12-15)23(21)6-2;/h14-16H,5-13H2,1-4H3,(H2,18,19,20);1H. The molecule has 0 heterocycles. The van der Waals surface area contributed by atoms with Crippen molar-refractivity contribution in [1.29, 1.82) is 0 Å². The average Bonchev–Trinajstić information content (AvgIpc) is 2.53. The van der Waals surface area contributed by atoms with Gasteiger partial charge in [0.05, 0.1) is 13.2 Å². The highest BCUT2D eigenvalue weighted by Gasteiger charge is 2.25. The Bertz CT molecular complexity index is 381. The van der Waals surface area contributed by atoms with Gasteiger partial charge < -0.3 is 15.4 Å². The quantitative estimate of drug-likeness (QED) is 0.234. The molecule has 0 aromatic heterocycles. The van der Waals surface area contributed by atoms with E-state index < -0.39 is 10.8 Å². The van der Waals surface area contributed by atoms with Crippen LogP contribution in [0.1, 0.15) is 53.4 Å². The largest absolute Gasteiger partial charge is 0.379 e. The van der Waals surface area contributed by atoms with E-state index in [-0.39, 0.29) is 24.0 Å². The van der Waals surface area contributed by atoms with Crippen LogP contribution in [-0.2, 0) is 15.5 Å². The third kappa shape index (κ3) is 10.2. The number of nitrogens with zero attached hydrogens (tertiary/aromatic N) is 1. The molecule has 1 aliphatic rings. The molecule has 0 amide bonds. The van der Waals surface area contributed by atoms with Gasteiger partial charge in [0, 0.05) is 41.0 Å². The van der Waals surface area contributed by atoms with E-state index in [4.69, 9.17) is 4.74 Å². The van der Waals surface area contributed by atoms with E-state index >= 15 is 0 Å². The Morgan fingerprint density at radius 2 is 2.08 bits per heavy atom. The monoisotopic (exact) mass is 473 g/mol. The summed E-state index contributed by atoms with van der Waals surface area (Å²) in [6.07, 6.45) is 4.35. The summed E-state index contributed by atoms with van der Waals surface area (Å²) in [5.74, 6) is 2.18. The average molecular weight is 473 g/mol. The summed E-state index contributed by atoms with van der Waals surface area (Å²) in [4.78, 5) is 4.59. The van der Waals surface area contributed by atoms with E-state index in [1.54, 1.807) is 0 Å². The molecule has 144 valence electrons. The molecule has 1 fully saturated rings. The fourth-order valence-electron chi connectivity index (χ4n) is 2.80. The third-order valence-corrected chi connectivity index (χ3v) is 5.66. The molecule has 3 unspecified atom stereocenters.